The van der Waals surface area contributed by atoms with Crippen molar-refractivity contribution in [3.8, 4) is 0 Å². The van der Waals surface area contributed by atoms with E-state index < -0.39 is 36.1 Å². The summed E-state index contributed by atoms with van der Waals surface area (Å²) in [5.41, 5.74) is -0.797. The highest BCUT2D eigenvalue weighted by Gasteiger charge is 2.27. The van der Waals surface area contributed by atoms with Crippen LogP contribution in [0.25, 0.3) is 0 Å². The minimum atomic E-state index is -4.22. The summed E-state index contributed by atoms with van der Waals surface area (Å²) in [6, 6.07) is 3.38. The van der Waals surface area contributed by atoms with Gasteiger partial charge in [0.15, 0.2) is 0 Å². The van der Waals surface area contributed by atoms with Gasteiger partial charge in [-0.15, -0.1) is 0 Å². The second-order valence-corrected chi connectivity index (χ2v) is 8.28. The third-order valence-electron chi connectivity index (χ3n) is 4.03. The first-order chi connectivity index (χ1) is 13.9. The van der Waals surface area contributed by atoms with Crippen molar-refractivity contribution in [2.45, 2.75) is 18.7 Å². The minimum absolute atomic E-state index is 0.105. The van der Waals surface area contributed by atoms with Crippen LogP contribution in [0.4, 0.5) is 23.1 Å². The predicted octanol–water partition coefficient (Wildman–Crippen LogP) is 1.37. The number of benzene rings is 1. The van der Waals surface area contributed by atoms with Gasteiger partial charge in [-0.05, 0) is 13.8 Å². The first-order valence-corrected chi connectivity index (χ1v) is 10.1. The number of nitrogens with zero attached hydrogens (tertiary/aromatic N) is 5. The van der Waals surface area contributed by atoms with E-state index in [9.17, 15) is 28.6 Å². The average molecular weight is 439 g/mol. The van der Waals surface area contributed by atoms with Crippen LogP contribution in [0.2, 0.25) is 0 Å². The lowest BCUT2D eigenvalue weighted by Crippen LogP contribution is -2.29. The first kappa shape index (κ1) is 22.9. The highest BCUT2D eigenvalue weighted by atomic mass is 32.2. The van der Waals surface area contributed by atoms with Crippen molar-refractivity contribution in [2.24, 2.45) is 0 Å². The molecule has 1 aromatic heterocycles. The van der Waals surface area contributed by atoms with Crippen LogP contribution < -0.4 is 14.9 Å². The Morgan fingerprint density at radius 3 is 2.07 bits per heavy atom. The van der Waals surface area contributed by atoms with Crippen molar-refractivity contribution < 1.29 is 18.3 Å². The Bertz CT molecular complexity index is 1050. The molecule has 14 heteroatoms. The Kier molecular flexibility index (Phi) is 6.84. The number of nitro benzene ring substituents is 2. The molecule has 0 bridgehead atoms. The zero-order chi connectivity index (χ0) is 22.6. The number of rotatable bonds is 9. The van der Waals surface area contributed by atoms with Crippen LogP contribution in [0.5, 0.6) is 0 Å². The lowest BCUT2D eigenvalue weighted by Gasteiger charge is -2.14. The Morgan fingerprint density at radius 2 is 1.57 bits per heavy atom. The summed E-state index contributed by atoms with van der Waals surface area (Å²) >= 11 is 0. The Balaban J connectivity index is 2.14. The molecule has 0 radical (unpaired) electrons. The van der Waals surface area contributed by atoms with Gasteiger partial charge in [-0.2, -0.15) is 4.98 Å². The summed E-state index contributed by atoms with van der Waals surface area (Å²) in [6.07, 6.45) is 0. The van der Waals surface area contributed by atoms with E-state index in [-0.39, 0.29) is 18.7 Å². The van der Waals surface area contributed by atoms with Gasteiger partial charge in [-0.25, -0.2) is 18.1 Å². The molecule has 1 aromatic carbocycles. The van der Waals surface area contributed by atoms with Gasteiger partial charge in [0.1, 0.15) is 11.4 Å². The molecule has 0 saturated carbocycles. The highest BCUT2D eigenvalue weighted by molar-refractivity contribution is 7.89. The number of anilines is 2. The molecule has 30 heavy (non-hydrogen) atoms. The first-order valence-electron chi connectivity index (χ1n) is 8.62. The fraction of sp³-hybridized carbons (Fsp3) is 0.375. The van der Waals surface area contributed by atoms with Crippen molar-refractivity contribution in [1.29, 1.82) is 0 Å². The minimum Gasteiger partial charge on any atom is -0.363 e. The molecule has 13 nitrogen and oxygen atoms in total. The molecule has 1 heterocycles. The number of nitrogens with one attached hydrogen (secondary N) is 2. The van der Waals surface area contributed by atoms with Crippen molar-refractivity contribution >= 4 is 33.2 Å². The van der Waals surface area contributed by atoms with Crippen LogP contribution in [0.15, 0.2) is 23.1 Å². The number of sulfonamides is 1. The number of aryl methyl sites for hydroxylation is 1. The summed E-state index contributed by atoms with van der Waals surface area (Å²) in [4.78, 5) is 30.3. The number of hydrogen-bond acceptors (Lipinski definition) is 10. The molecular formula is C16H21N7O6S. The molecular weight excluding hydrogens is 418 g/mol. The molecule has 0 aliphatic rings. The summed E-state index contributed by atoms with van der Waals surface area (Å²) < 4.78 is 27.2. The van der Waals surface area contributed by atoms with E-state index in [1.807, 2.05) is 14.1 Å². The van der Waals surface area contributed by atoms with Gasteiger partial charge in [-0.1, -0.05) is 0 Å². The summed E-state index contributed by atoms with van der Waals surface area (Å²) in [6.45, 7) is 2.99. The maximum atomic E-state index is 12.5. The van der Waals surface area contributed by atoms with Crippen LogP contribution in [-0.4, -0.2) is 55.4 Å². The monoisotopic (exact) mass is 439 g/mol. The lowest BCUT2D eigenvalue weighted by atomic mass is 10.1. The topological polar surface area (TPSA) is 174 Å². The number of hydrogen-bond donors (Lipinski definition) is 2. The summed E-state index contributed by atoms with van der Waals surface area (Å²) in [7, 11) is -0.583. The molecule has 0 atom stereocenters. The molecule has 0 aliphatic heterocycles. The van der Waals surface area contributed by atoms with Crippen LogP contribution in [-0.2, 0) is 10.0 Å². The normalized spacial score (nSPS) is 11.2. The lowest BCUT2D eigenvalue weighted by molar-refractivity contribution is -0.395. The summed E-state index contributed by atoms with van der Waals surface area (Å²) in [5, 5.41) is 25.2. The van der Waals surface area contributed by atoms with Gasteiger partial charge in [0.2, 0.25) is 16.0 Å². The van der Waals surface area contributed by atoms with Crippen molar-refractivity contribution in [3.05, 3.63) is 49.7 Å². The molecule has 0 fully saturated rings. The van der Waals surface area contributed by atoms with Gasteiger partial charge in [-0.3, -0.25) is 20.2 Å². The van der Waals surface area contributed by atoms with Crippen LogP contribution >= 0.6 is 0 Å². The molecule has 0 saturated heterocycles. The van der Waals surface area contributed by atoms with Gasteiger partial charge in [0.25, 0.3) is 11.4 Å². The SMILES string of the molecule is Cc1cc(N(C)C)nc(NCCNS(=O)(=O)c2cc([N+](=O)[O-])c(C)c([N+](=O)[O-])c2)n1. The molecule has 162 valence electrons. The van der Waals surface area contributed by atoms with Crippen molar-refractivity contribution in [2.75, 3.05) is 37.4 Å². The van der Waals surface area contributed by atoms with Crippen molar-refractivity contribution in [3.63, 3.8) is 0 Å². The maximum absolute atomic E-state index is 12.5. The number of nitro groups is 2. The van der Waals surface area contributed by atoms with Crippen LogP contribution in [0, 0.1) is 34.1 Å². The summed E-state index contributed by atoms with van der Waals surface area (Å²) in [5.74, 6) is 0.976. The van der Waals surface area contributed by atoms with Gasteiger partial charge in [0.05, 0.1) is 14.7 Å². The smallest absolute Gasteiger partial charge is 0.280 e. The van der Waals surface area contributed by atoms with Crippen molar-refractivity contribution in [1.82, 2.24) is 14.7 Å². The molecule has 0 amide bonds. The highest BCUT2D eigenvalue weighted by Crippen LogP contribution is 2.31. The number of aromatic nitrogens is 2. The van der Waals surface area contributed by atoms with E-state index in [4.69, 9.17) is 0 Å². The molecule has 0 aliphatic carbocycles. The molecule has 0 spiro atoms. The third kappa shape index (κ3) is 5.36. The standard InChI is InChI=1S/C16H21N7O6S/c1-10-7-15(21(3)4)20-16(19-10)17-5-6-18-30(28,29)12-8-13(22(24)25)11(2)14(9-12)23(26)27/h7-9,18H,5-6H2,1-4H3,(H,17,19,20). The van der Waals surface area contributed by atoms with E-state index in [1.165, 1.54) is 6.92 Å². The zero-order valence-corrected chi connectivity index (χ0v) is 17.6. The quantitative estimate of drug-likeness (QED) is 0.330. The zero-order valence-electron chi connectivity index (χ0n) is 16.7. The fourth-order valence-corrected chi connectivity index (χ4v) is 3.57. The van der Waals surface area contributed by atoms with Gasteiger partial charge < -0.3 is 10.2 Å². The third-order valence-corrected chi connectivity index (χ3v) is 5.47. The van der Waals surface area contributed by atoms with Crippen LogP contribution in [0.1, 0.15) is 11.3 Å². The Labute approximate surface area is 172 Å². The van der Waals surface area contributed by atoms with Crippen LogP contribution in [0.3, 0.4) is 0 Å². The van der Waals surface area contributed by atoms with E-state index in [1.54, 1.807) is 17.9 Å². The molecule has 2 N–H and O–H groups in total. The fourth-order valence-electron chi connectivity index (χ4n) is 2.50. The van der Waals surface area contributed by atoms with E-state index in [0.29, 0.717) is 11.8 Å². The van der Waals surface area contributed by atoms with E-state index in [0.717, 1.165) is 17.8 Å². The van der Waals surface area contributed by atoms with Gasteiger partial charge >= 0.3 is 0 Å². The average Bonchev–Trinajstić information content (AvgIpc) is 2.64. The van der Waals surface area contributed by atoms with E-state index >= 15 is 0 Å². The molecule has 2 rings (SSSR count). The Morgan fingerprint density at radius 1 is 1.00 bits per heavy atom. The van der Waals surface area contributed by atoms with E-state index in [2.05, 4.69) is 20.0 Å². The molecule has 2 aromatic rings. The Hall–Kier alpha value is -3.39. The second kappa shape index (κ2) is 8.96. The molecule has 0 unspecified atom stereocenters. The van der Waals surface area contributed by atoms with Gasteiger partial charge in [0, 0.05) is 51.1 Å². The predicted molar refractivity (Wildman–Crippen MR) is 109 cm³/mol. The second-order valence-electron chi connectivity index (χ2n) is 6.51. The maximum Gasteiger partial charge on any atom is 0.280 e. The largest absolute Gasteiger partial charge is 0.363 e.